The van der Waals surface area contributed by atoms with Gasteiger partial charge in [0.2, 0.25) is 0 Å². The van der Waals surface area contributed by atoms with Crippen LogP contribution in [0.1, 0.15) is 29.7 Å². The smallest absolute Gasteiger partial charge is 0.170 e. The first-order valence-corrected chi connectivity index (χ1v) is 10.3. The highest BCUT2D eigenvalue weighted by Crippen LogP contribution is 2.23. The van der Waals surface area contributed by atoms with Crippen LogP contribution in [-0.4, -0.2) is 10.0 Å². The number of thiocarbonyl (C=S) groups is 1. The molecule has 3 aromatic carbocycles. The van der Waals surface area contributed by atoms with E-state index in [1.165, 1.54) is 11.1 Å². The molecule has 1 atom stereocenters. The molecule has 0 aromatic heterocycles. The zero-order valence-electron chi connectivity index (χ0n) is 15.6. The first kappa shape index (κ1) is 20.7. The quantitative estimate of drug-likeness (QED) is 0.443. The Morgan fingerprint density at radius 1 is 0.929 bits per heavy atom. The van der Waals surface area contributed by atoms with Gasteiger partial charge in [0.1, 0.15) is 0 Å². The first-order chi connectivity index (χ1) is 13.5. The molecule has 0 bridgehead atoms. The van der Waals surface area contributed by atoms with Crippen molar-refractivity contribution in [2.75, 3.05) is 0 Å². The molecule has 0 aliphatic heterocycles. The second-order valence-electron chi connectivity index (χ2n) is 6.66. The fraction of sp³-hybridized carbons (Fsp3) is 0.174. The van der Waals surface area contributed by atoms with Gasteiger partial charge in [0.25, 0.3) is 0 Å². The van der Waals surface area contributed by atoms with Crippen molar-refractivity contribution in [1.29, 1.82) is 0 Å². The minimum atomic E-state index is 0.104. The maximum atomic E-state index is 6.41. The summed E-state index contributed by atoms with van der Waals surface area (Å²) in [7, 11) is 0. The van der Waals surface area contributed by atoms with E-state index in [0.29, 0.717) is 28.2 Å². The molecule has 0 unspecified atom stereocenters. The lowest BCUT2D eigenvalue weighted by Gasteiger charge is -2.29. The Morgan fingerprint density at radius 3 is 2.21 bits per heavy atom. The average molecular weight is 429 g/mol. The van der Waals surface area contributed by atoms with E-state index in [1.54, 1.807) is 6.07 Å². The van der Waals surface area contributed by atoms with E-state index in [2.05, 4.69) is 41.4 Å². The van der Waals surface area contributed by atoms with Crippen LogP contribution in [0.25, 0.3) is 0 Å². The Labute approximate surface area is 182 Å². The highest BCUT2D eigenvalue weighted by atomic mass is 35.5. The van der Waals surface area contributed by atoms with E-state index >= 15 is 0 Å². The third-order valence-electron chi connectivity index (χ3n) is 4.52. The van der Waals surface area contributed by atoms with Crippen molar-refractivity contribution < 1.29 is 0 Å². The molecule has 0 spiro atoms. The topological polar surface area (TPSA) is 15.3 Å². The maximum absolute atomic E-state index is 6.41. The molecule has 144 valence electrons. The van der Waals surface area contributed by atoms with Gasteiger partial charge in [-0.15, -0.1) is 0 Å². The number of nitrogens with one attached hydrogen (secondary N) is 1. The van der Waals surface area contributed by atoms with Gasteiger partial charge in [-0.25, -0.2) is 0 Å². The van der Waals surface area contributed by atoms with Gasteiger partial charge in [-0.1, -0.05) is 89.9 Å². The van der Waals surface area contributed by atoms with Gasteiger partial charge in [-0.05, 0) is 48.0 Å². The normalized spacial score (nSPS) is 11.7. The summed E-state index contributed by atoms with van der Waals surface area (Å²) in [6, 6.07) is 26.2. The maximum Gasteiger partial charge on any atom is 0.170 e. The van der Waals surface area contributed by atoms with Gasteiger partial charge < -0.3 is 10.2 Å². The van der Waals surface area contributed by atoms with E-state index in [9.17, 15) is 0 Å². The van der Waals surface area contributed by atoms with Crippen LogP contribution in [0.3, 0.4) is 0 Å². The summed E-state index contributed by atoms with van der Waals surface area (Å²) in [4.78, 5) is 2.12. The molecule has 2 nitrogen and oxygen atoms in total. The second-order valence-corrected chi connectivity index (χ2v) is 7.89. The summed E-state index contributed by atoms with van der Waals surface area (Å²) in [5.74, 6) is 0. The summed E-state index contributed by atoms with van der Waals surface area (Å²) in [6.45, 7) is 3.39. The van der Waals surface area contributed by atoms with Crippen molar-refractivity contribution in [3.05, 3.63) is 106 Å². The fourth-order valence-electron chi connectivity index (χ4n) is 2.96. The predicted octanol–water partition coefficient (Wildman–Crippen LogP) is 6.63. The van der Waals surface area contributed by atoms with Crippen molar-refractivity contribution in [3.63, 3.8) is 0 Å². The standard InChI is InChI=1S/C23H22Cl2N2S/c1-17(19-10-6-3-7-11-19)26-23(28)27(15-18-8-4-2-5-9-18)16-20-12-13-21(24)14-22(20)25/h2-14,17H,15-16H2,1H3,(H,26,28)/t17-/m0/s1. The number of hydrogen-bond acceptors (Lipinski definition) is 1. The Hall–Kier alpha value is -2.07. The second kappa shape index (κ2) is 9.92. The lowest BCUT2D eigenvalue weighted by molar-refractivity contribution is 0.393. The molecule has 0 fully saturated rings. The van der Waals surface area contributed by atoms with Gasteiger partial charge >= 0.3 is 0 Å². The van der Waals surface area contributed by atoms with Crippen LogP contribution in [0.15, 0.2) is 78.9 Å². The van der Waals surface area contributed by atoms with E-state index in [-0.39, 0.29) is 6.04 Å². The highest BCUT2D eigenvalue weighted by Gasteiger charge is 2.16. The van der Waals surface area contributed by atoms with Crippen LogP contribution in [-0.2, 0) is 13.1 Å². The molecule has 3 rings (SSSR count). The number of nitrogens with zero attached hydrogens (tertiary/aromatic N) is 1. The highest BCUT2D eigenvalue weighted by molar-refractivity contribution is 7.80. The molecule has 0 aliphatic carbocycles. The SMILES string of the molecule is C[C@H](NC(=S)N(Cc1ccccc1)Cc1ccc(Cl)cc1Cl)c1ccccc1. The third-order valence-corrected chi connectivity index (χ3v) is 5.48. The van der Waals surface area contributed by atoms with Gasteiger partial charge in [0.15, 0.2) is 5.11 Å². The summed E-state index contributed by atoms with van der Waals surface area (Å²) in [6.07, 6.45) is 0. The summed E-state index contributed by atoms with van der Waals surface area (Å²) >= 11 is 18.2. The zero-order valence-corrected chi connectivity index (χ0v) is 17.9. The molecule has 0 amide bonds. The van der Waals surface area contributed by atoms with E-state index in [0.717, 1.165) is 5.56 Å². The summed E-state index contributed by atoms with van der Waals surface area (Å²) in [5, 5.41) is 5.41. The Balaban J connectivity index is 1.79. The number of halogens is 2. The molecule has 0 radical (unpaired) electrons. The van der Waals surface area contributed by atoms with E-state index < -0.39 is 0 Å². The Bertz CT molecular complexity index is 916. The molecule has 0 saturated heterocycles. The van der Waals surface area contributed by atoms with Crippen LogP contribution in [0, 0.1) is 0 Å². The molecule has 5 heteroatoms. The van der Waals surface area contributed by atoms with Crippen LogP contribution in [0.2, 0.25) is 10.0 Å². The molecular formula is C23H22Cl2N2S. The van der Waals surface area contributed by atoms with Gasteiger partial charge in [0.05, 0.1) is 6.04 Å². The van der Waals surface area contributed by atoms with E-state index in [4.69, 9.17) is 35.4 Å². The predicted molar refractivity (Wildman–Crippen MR) is 123 cm³/mol. The molecule has 0 aliphatic rings. The van der Waals surface area contributed by atoms with Crippen molar-refractivity contribution >= 4 is 40.5 Å². The van der Waals surface area contributed by atoms with Crippen LogP contribution >= 0.6 is 35.4 Å². The number of rotatable bonds is 6. The van der Waals surface area contributed by atoms with Crippen LogP contribution in [0.5, 0.6) is 0 Å². The number of hydrogen-bond donors (Lipinski definition) is 1. The monoisotopic (exact) mass is 428 g/mol. The van der Waals surface area contributed by atoms with Crippen molar-refractivity contribution in [1.82, 2.24) is 10.2 Å². The van der Waals surface area contributed by atoms with Crippen molar-refractivity contribution in [2.45, 2.75) is 26.1 Å². The Kier molecular flexibility index (Phi) is 7.32. The van der Waals surface area contributed by atoms with Crippen molar-refractivity contribution in [2.24, 2.45) is 0 Å². The first-order valence-electron chi connectivity index (χ1n) is 9.11. The van der Waals surface area contributed by atoms with Gasteiger partial charge in [0, 0.05) is 23.1 Å². The average Bonchev–Trinajstić information content (AvgIpc) is 2.70. The fourth-order valence-corrected chi connectivity index (χ4v) is 3.73. The van der Waals surface area contributed by atoms with Crippen LogP contribution in [0.4, 0.5) is 0 Å². The summed E-state index contributed by atoms with van der Waals surface area (Å²) in [5.41, 5.74) is 3.36. The zero-order chi connectivity index (χ0) is 19.9. The van der Waals surface area contributed by atoms with Crippen molar-refractivity contribution in [3.8, 4) is 0 Å². The van der Waals surface area contributed by atoms with Gasteiger partial charge in [-0.3, -0.25) is 0 Å². The third kappa shape index (κ3) is 5.71. The molecule has 28 heavy (non-hydrogen) atoms. The largest absolute Gasteiger partial charge is 0.356 e. The molecule has 3 aromatic rings. The van der Waals surface area contributed by atoms with Gasteiger partial charge in [-0.2, -0.15) is 0 Å². The molecule has 0 heterocycles. The molecule has 1 N–H and O–H groups in total. The molecular weight excluding hydrogens is 407 g/mol. The lowest BCUT2D eigenvalue weighted by Crippen LogP contribution is -2.40. The minimum Gasteiger partial charge on any atom is -0.356 e. The minimum absolute atomic E-state index is 0.104. The Morgan fingerprint density at radius 2 is 1.57 bits per heavy atom. The number of benzene rings is 3. The lowest BCUT2D eigenvalue weighted by atomic mass is 10.1. The molecule has 0 saturated carbocycles. The van der Waals surface area contributed by atoms with E-state index in [1.807, 2.05) is 48.5 Å². The summed E-state index contributed by atoms with van der Waals surface area (Å²) < 4.78 is 0. The van der Waals surface area contributed by atoms with Crippen LogP contribution < -0.4 is 5.32 Å².